The zero-order valence-corrected chi connectivity index (χ0v) is 12.4. The van der Waals surface area contributed by atoms with Crippen LogP contribution in [0.15, 0.2) is 59.7 Å². The van der Waals surface area contributed by atoms with E-state index in [9.17, 15) is 4.79 Å². The Balaban J connectivity index is 1.55. The minimum absolute atomic E-state index is 0.0267. The van der Waals surface area contributed by atoms with E-state index in [0.717, 1.165) is 24.8 Å². The fourth-order valence-electron chi connectivity index (χ4n) is 3.50. The van der Waals surface area contributed by atoms with Crippen molar-refractivity contribution in [3.63, 3.8) is 0 Å². The van der Waals surface area contributed by atoms with E-state index in [1.165, 1.54) is 11.1 Å². The second-order valence-electron chi connectivity index (χ2n) is 6.02. The molecule has 0 N–H and O–H groups in total. The molecule has 2 aromatic rings. The summed E-state index contributed by atoms with van der Waals surface area (Å²) in [5.41, 5.74) is 3.77. The number of hydrogen-bond donors (Lipinski definition) is 0. The van der Waals surface area contributed by atoms with Crippen LogP contribution in [0.2, 0.25) is 0 Å². The van der Waals surface area contributed by atoms with Crippen LogP contribution in [0.25, 0.3) is 0 Å². The third-order valence-corrected chi connectivity index (χ3v) is 4.64. The molecule has 4 rings (SSSR count). The minimum Gasteiger partial charge on any atom is -0.273 e. The van der Waals surface area contributed by atoms with Crippen LogP contribution in [-0.4, -0.2) is 17.1 Å². The summed E-state index contributed by atoms with van der Waals surface area (Å²) in [6.45, 7) is 0. The van der Waals surface area contributed by atoms with E-state index >= 15 is 0 Å². The lowest BCUT2D eigenvalue weighted by atomic mass is 10.0. The molecule has 0 aromatic heterocycles. The average molecular weight is 290 g/mol. The molecule has 0 saturated carbocycles. The van der Waals surface area contributed by atoms with Gasteiger partial charge in [-0.05, 0) is 29.5 Å². The number of fused-ring (bicyclic) bond motifs is 1. The Kier molecular flexibility index (Phi) is 3.26. The zero-order valence-electron chi connectivity index (χ0n) is 12.4. The predicted octanol–water partition coefficient (Wildman–Crippen LogP) is 3.36. The number of hydrogen-bond acceptors (Lipinski definition) is 2. The minimum atomic E-state index is 0.0267. The van der Waals surface area contributed by atoms with Gasteiger partial charge in [-0.3, -0.25) is 4.79 Å². The Hall–Kier alpha value is -2.42. The van der Waals surface area contributed by atoms with Crippen molar-refractivity contribution >= 4 is 12.1 Å². The second-order valence-corrected chi connectivity index (χ2v) is 6.02. The Morgan fingerprint density at radius 3 is 2.27 bits per heavy atom. The van der Waals surface area contributed by atoms with Gasteiger partial charge in [-0.25, -0.2) is 5.01 Å². The van der Waals surface area contributed by atoms with Crippen molar-refractivity contribution in [2.24, 2.45) is 11.0 Å². The largest absolute Gasteiger partial charge is 0.273 e. The third-order valence-electron chi connectivity index (χ3n) is 4.64. The van der Waals surface area contributed by atoms with E-state index in [-0.39, 0.29) is 17.9 Å². The van der Waals surface area contributed by atoms with Crippen LogP contribution in [0.1, 0.15) is 29.2 Å². The van der Waals surface area contributed by atoms with Crippen molar-refractivity contribution in [1.82, 2.24) is 5.01 Å². The normalized spacial score (nSPS) is 20.4. The average Bonchev–Trinajstić information content (AvgIpc) is 3.21. The maximum Gasteiger partial charge on any atom is 0.247 e. The summed E-state index contributed by atoms with van der Waals surface area (Å²) in [5, 5.41) is 6.06. The Morgan fingerprint density at radius 2 is 1.59 bits per heavy atom. The molecule has 0 fully saturated rings. The maximum absolute atomic E-state index is 12.9. The molecule has 0 saturated heterocycles. The lowest BCUT2D eigenvalue weighted by Crippen LogP contribution is -2.33. The molecule has 1 amide bonds. The summed E-state index contributed by atoms with van der Waals surface area (Å²) in [4.78, 5) is 12.9. The summed E-state index contributed by atoms with van der Waals surface area (Å²) in [6, 6.07) is 18.6. The Bertz CT molecular complexity index is 698. The van der Waals surface area contributed by atoms with E-state index in [4.69, 9.17) is 0 Å². The van der Waals surface area contributed by atoms with Crippen molar-refractivity contribution in [1.29, 1.82) is 0 Å². The van der Waals surface area contributed by atoms with Crippen LogP contribution in [-0.2, 0) is 17.6 Å². The standard InChI is InChI=1S/C19H18N2O/c22-19(17-12-15-8-4-5-9-16(15)13-17)21-18(10-11-20-21)14-6-2-1-3-7-14/h1-9,11,17-18H,10,12-13H2. The first-order chi connectivity index (χ1) is 10.8. The molecule has 2 aliphatic rings. The first-order valence-corrected chi connectivity index (χ1v) is 7.80. The Labute approximate surface area is 130 Å². The van der Waals surface area contributed by atoms with Crippen LogP contribution in [0, 0.1) is 5.92 Å². The molecular formula is C19H18N2O. The van der Waals surface area contributed by atoms with Gasteiger partial charge in [0.25, 0.3) is 0 Å². The van der Waals surface area contributed by atoms with Crippen molar-refractivity contribution in [3.8, 4) is 0 Å². The van der Waals surface area contributed by atoms with Gasteiger partial charge in [-0.2, -0.15) is 5.10 Å². The summed E-state index contributed by atoms with van der Waals surface area (Å²) < 4.78 is 0. The number of amides is 1. The summed E-state index contributed by atoms with van der Waals surface area (Å²) in [5.74, 6) is 0.178. The monoisotopic (exact) mass is 290 g/mol. The van der Waals surface area contributed by atoms with Crippen molar-refractivity contribution in [3.05, 3.63) is 71.3 Å². The highest BCUT2D eigenvalue weighted by Crippen LogP contribution is 2.33. The van der Waals surface area contributed by atoms with E-state index in [1.807, 2.05) is 36.5 Å². The fourth-order valence-corrected chi connectivity index (χ4v) is 3.50. The highest BCUT2D eigenvalue weighted by molar-refractivity contribution is 5.83. The van der Waals surface area contributed by atoms with Crippen LogP contribution in [0.5, 0.6) is 0 Å². The first-order valence-electron chi connectivity index (χ1n) is 7.80. The molecule has 0 radical (unpaired) electrons. The van der Waals surface area contributed by atoms with Crippen LogP contribution < -0.4 is 0 Å². The lowest BCUT2D eigenvalue weighted by Gasteiger charge is -2.24. The first kappa shape index (κ1) is 13.3. The van der Waals surface area contributed by atoms with Gasteiger partial charge >= 0.3 is 0 Å². The van der Waals surface area contributed by atoms with Gasteiger partial charge in [-0.15, -0.1) is 0 Å². The summed E-state index contributed by atoms with van der Waals surface area (Å²) in [7, 11) is 0. The van der Waals surface area contributed by atoms with Gasteiger partial charge in [0.2, 0.25) is 5.91 Å². The van der Waals surface area contributed by atoms with Gasteiger partial charge in [0.1, 0.15) is 0 Å². The molecule has 1 atom stereocenters. The van der Waals surface area contributed by atoms with E-state index in [2.05, 4.69) is 29.4 Å². The summed E-state index contributed by atoms with van der Waals surface area (Å²) in [6.07, 6.45) is 4.33. The number of rotatable bonds is 2. The molecule has 0 bridgehead atoms. The van der Waals surface area contributed by atoms with Gasteiger partial charge < -0.3 is 0 Å². The number of nitrogens with zero attached hydrogens (tertiary/aromatic N) is 2. The molecule has 22 heavy (non-hydrogen) atoms. The third kappa shape index (κ3) is 2.23. The topological polar surface area (TPSA) is 32.7 Å². The van der Waals surface area contributed by atoms with E-state index < -0.39 is 0 Å². The molecule has 1 aliphatic heterocycles. The van der Waals surface area contributed by atoms with Crippen molar-refractivity contribution in [2.45, 2.75) is 25.3 Å². The smallest absolute Gasteiger partial charge is 0.247 e. The zero-order chi connectivity index (χ0) is 14.9. The quantitative estimate of drug-likeness (QED) is 0.834. The molecule has 1 unspecified atom stereocenters. The number of carbonyl (C=O) groups is 1. The lowest BCUT2D eigenvalue weighted by molar-refractivity contribution is -0.137. The number of hydrazone groups is 1. The van der Waals surface area contributed by atoms with Crippen LogP contribution in [0.3, 0.4) is 0 Å². The maximum atomic E-state index is 12.9. The molecular weight excluding hydrogens is 272 g/mol. The van der Waals surface area contributed by atoms with Crippen LogP contribution >= 0.6 is 0 Å². The van der Waals surface area contributed by atoms with E-state index in [0.29, 0.717) is 0 Å². The molecule has 1 heterocycles. The fraction of sp³-hybridized carbons (Fsp3) is 0.263. The van der Waals surface area contributed by atoms with E-state index in [1.54, 1.807) is 5.01 Å². The van der Waals surface area contributed by atoms with Gasteiger partial charge in [0.15, 0.2) is 0 Å². The van der Waals surface area contributed by atoms with Gasteiger partial charge in [0, 0.05) is 18.6 Å². The number of carbonyl (C=O) groups excluding carboxylic acids is 1. The highest BCUT2D eigenvalue weighted by Gasteiger charge is 2.35. The molecule has 2 aromatic carbocycles. The second kappa shape index (κ2) is 5.41. The van der Waals surface area contributed by atoms with Crippen LogP contribution in [0.4, 0.5) is 0 Å². The molecule has 3 nitrogen and oxygen atoms in total. The molecule has 110 valence electrons. The Morgan fingerprint density at radius 1 is 0.955 bits per heavy atom. The van der Waals surface area contributed by atoms with Crippen molar-refractivity contribution < 1.29 is 4.79 Å². The molecule has 0 spiro atoms. The van der Waals surface area contributed by atoms with Crippen molar-refractivity contribution in [2.75, 3.05) is 0 Å². The highest BCUT2D eigenvalue weighted by atomic mass is 16.2. The SMILES string of the molecule is O=C(C1Cc2ccccc2C1)N1N=CCC1c1ccccc1. The number of benzene rings is 2. The molecule has 3 heteroatoms. The summed E-state index contributed by atoms with van der Waals surface area (Å²) >= 11 is 0. The predicted molar refractivity (Wildman–Crippen MR) is 86.5 cm³/mol. The van der Waals surface area contributed by atoms with Gasteiger partial charge in [0.05, 0.1) is 6.04 Å². The van der Waals surface area contributed by atoms with Gasteiger partial charge in [-0.1, -0.05) is 54.6 Å². The molecule has 1 aliphatic carbocycles.